The minimum atomic E-state index is -0.502. The standard InChI is InChI=1S/C90H80N4O/c1-87(2,3)58-37-42-74-69(48-58)70-49-59(88(4,5)6)38-43-75(70)92(74)62-39-40-66-77(50-62)91(13)78-51-63(93-72-33-23-20-30-64(72)65-31-21-24-34-73(65)93)52-79-85(78)83(66)71-46-56(57-44-60(89(7,8)9)47-61(45-57)90(10,11)12)36-41-76(71)94(79)86-68(54-26-16-14-17-27-54)53-81-84(67-32-22-25-35-80(67)95-81)82(86)55-28-18-15-19-29-55/h14-53,83H,1-13H3/i20D,21D,23D,24D,30D,31D,33D,34D. The van der Waals surface area contributed by atoms with Gasteiger partial charge in [-0.3, -0.25) is 0 Å². The van der Waals surface area contributed by atoms with E-state index in [2.05, 4.69) is 274 Å². The number of rotatable bonds is 6. The van der Waals surface area contributed by atoms with Crippen molar-refractivity contribution in [3.05, 3.63) is 281 Å². The maximum atomic E-state index is 9.92. The van der Waals surface area contributed by atoms with E-state index in [1.54, 1.807) is 4.57 Å². The van der Waals surface area contributed by atoms with Crippen molar-refractivity contribution in [1.82, 2.24) is 9.13 Å². The number of para-hydroxylation sites is 3. The summed E-state index contributed by atoms with van der Waals surface area (Å²) in [4.78, 5) is 4.68. The predicted octanol–water partition coefficient (Wildman–Crippen LogP) is 25.0. The summed E-state index contributed by atoms with van der Waals surface area (Å²) in [5.74, 6) is -0.452. The number of benzene rings is 12. The van der Waals surface area contributed by atoms with Crippen molar-refractivity contribution in [2.24, 2.45) is 0 Å². The highest BCUT2D eigenvalue weighted by molar-refractivity contribution is 6.20. The third kappa shape index (κ3) is 9.16. The highest BCUT2D eigenvalue weighted by Gasteiger charge is 2.43. The summed E-state index contributed by atoms with van der Waals surface area (Å²) in [6.07, 6.45) is 0. The summed E-state index contributed by atoms with van der Waals surface area (Å²) in [6.45, 7) is 27.3. The van der Waals surface area contributed by atoms with E-state index >= 15 is 0 Å². The molecule has 5 nitrogen and oxygen atoms in total. The second-order valence-electron chi connectivity index (χ2n) is 30.5. The fourth-order valence-corrected chi connectivity index (χ4v) is 15.3. The number of hydrogen-bond donors (Lipinski definition) is 0. The van der Waals surface area contributed by atoms with E-state index in [4.69, 9.17) is 7.16 Å². The van der Waals surface area contributed by atoms with Crippen LogP contribution >= 0.6 is 0 Å². The van der Waals surface area contributed by atoms with Crippen LogP contribution in [0.15, 0.2) is 247 Å². The number of furan rings is 1. The van der Waals surface area contributed by atoms with Gasteiger partial charge in [-0.1, -0.05) is 241 Å². The van der Waals surface area contributed by atoms with Crippen LogP contribution < -0.4 is 9.80 Å². The largest absolute Gasteiger partial charge is 0.456 e. The minimum Gasteiger partial charge on any atom is -0.456 e. The highest BCUT2D eigenvalue weighted by Crippen LogP contribution is 2.63. The molecule has 5 heterocycles. The Morgan fingerprint density at radius 3 is 1.53 bits per heavy atom. The van der Waals surface area contributed by atoms with E-state index in [0.717, 1.165) is 112 Å². The molecule has 0 aliphatic carbocycles. The topological polar surface area (TPSA) is 29.5 Å². The smallest absolute Gasteiger partial charge is 0.136 e. The summed E-state index contributed by atoms with van der Waals surface area (Å²) < 4.78 is 87.1. The van der Waals surface area contributed by atoms with Gasteiger partial charge in [0.1, 0.15) is 11.2 Å². The fourth-order valence-electron chi connectivity index (χ4n) is 15.3. The summed E-state index contributed by atoms with van der Waals surface area (Å²) in [7, 11) is 2.11. The summed E-state index contributed by atoms with van der Waals surface area (Å²) in [5, 5.41) is 4.22. The SMILES string of the molecule is [2H]c1c([2H])c([2H])c2c(c1[2H])c1c([2H])c([2H])c([2H])c([2H])c1n2-c1cc2c3c(c1)N(c1c(-c4ccccc4)cc4oc5ccccc5c4c1-c1ccccc1)c1ccc(-c4cc(C(C)(C)C)cc(C(C)(C)C)c4)cc1C3c1ccc(-n3c4ccc(C(C)(C)C)cc4c4cc(C(C)(C)C)ccc43)cc1N2C. The van der Waals surface area contributed by atoms with Gasteiger partial charge < -0.3 is 23.4 Å². The first kappa shape index (κ1) is 50.2. The summed E-state index contributed by atoms with van der Waals surface area (Å²) in [6, 6.07) is 66.9. The Morgan fingerprint density at radius 1 is 0.368 bits per heavy atom. The van der Waals surface area contributed by atoms with Gasteiger partial charge >= 0.3 is 0 Å². The lowest BCUT2D eigenvalue weighted by atomic mass is 9.74. The number of aromatic nitrogens is 2. The summed E-state index contributed by atoms with van der Waals surface area (Å²) in [5.41, 5.74) is 22.7. The number of nitrogens with zero attached hydrogens (tertiary/aromatic N) is 4. The zero-order chi connectivity index (χ0) is 72.3. The van der Waals surface area contributed by atoms with E-state index in [9.17, 15) is 8.22 Å². The van der Waals surface area contributed by atoms with Crippen LogP contribution in [0.4, 0.5) is 28.4 Å². The lowest BCUT2D eigenvalue weighted by molar-refractivity contribution is 0.569. The number of hydrogen-bond acceptors (Lipinski definition) is 3. The minimum absolute atomic E-state index is 0.00546. The van der Waals surface area contributed by atoms with Crippen molar-refractivity contribution in [3.63, 3.8) is 0 Å². The van der Waals surface area contributed by atoms with Crippen LogP contribution in [0, 0.1) is 0 Å². The van der Waals surface area contributed by atoms with Crippen molar-refractivity contribution in [2.45, 2.75) is 111 Å². The van der Waals surface area contributed by atoms with Crippen LogP contribution in [0.5, 0.6) is 0 Å². The van der Waals surface area contributed by atoms with Crippen LogP contribution in [-0.4, -0.2) is 16.2 Å². The Labute approximate surface area is 569 Å². The lowest BCUT2D eigenvalue weighted by Crippen LogP contribution is -2.30. The molecule has 0 bridgehead atoms. The van der Waals surface area contributed by atoms with E-state index in [1.165, 1.54) is 33.0 Å². The molecule has 0 saturated carbocycles. The van der Waals surface area contributed by atoms with Gasteiger partial charge in [0.15, 0.2) is 0 Å². The zero-order valence-corrected chi connectivity index (χ0v) is 56.2. The molecule has 466 valence electrons. The Hall–Kier alpha value is -10.4. The Bertz CT molecular complexity index is 5990. The van der Waals surface area contributed by atoms with Crippen LogP contribution in [-0.2, 0) is 21.7 Å². The molecule has 0 fully saturated rings. The molecule has 0 N–H and O–H groups in total. The fraction of sp³-hybridized carbons (Fsp3) is 0.200. The molecule has 1 atom stereocenters. The van der Waals surface area contributed by atoms with Gasteiger partial charge in [0.2, 0.25) is 0 Å². The molecule has 2 aliphatic rings. The maximum absolute atomic E-state index is 9.92. The Balaban J connectivity index is 1.05. The average molecular weight is 1240 g/mol. The lowest BCUT2D eigenvalue weighted by Gasteiger charge is -2.45. The van der Waals surface area contributed by atoms with Gasteiger partial charge in [-0.25, -0.2) is 0 Å². The molecule has 17 rings (SSSR count). The van der Waals surface area contributed by atoms with E-state index in [1.807, 2.05) is 24.3 Å². The quantitative estimate of drug-likeness (QED) is 0.166. The third-order valence-corrected chi connectivity index (χ3v) is 20.3. The van der Waals surface area contributed by atoms with Crippen LogP contribution in [0.25, 0.3) is 110 Å². The van der Waals surface area contributed by atoms with Crippen molar-refractivity contribution < 1.29 is 15.4 Å². The molecule has 2 aliphatic heterocycles. The normalized spacial score (nSPS) is 15.4. The molecule has 0 saturated heterocycles. The molecule has 0 amide bonds. The van der Waals surface area contributed by atoms with Gasteiger partial charge in [-0.15, -0.1) is 0 Å². The second-order valence-corrected chi connectivity index (χ2v) is 30.5. The molecule has 3 aromatic heterocycles. The van der Waals surface area contributed by atoms with Gasteiger partial charge in [-0.2, -0.15) is 0 Å². The van der Waals surface area contributed by atoms with Crippen molar-refractivity contribution in [3.8, 4) is 44.8 Å². The molecule has 95 heavy (non-hydrogen) atoms. The average Bonchev–Trinajstić information content (AvgIpc) is 1.68. The Kier molecular flexibility index (Phi) is 11.0. The van der Waals surface area contributed by atoms with Crippen LogP contribution in [0.3, 0.4) is 0 Å². The first-order chi connectivity index (χ1) is 48.9. The number of anilines is 5. The first-order valence-corrected chi connectivity index (χ1v) is 33.2. The molecule has 1 unspecified atom stereocenters. The molecular weight excluding hydrogens is 1150 g/mol. The Morgan fingerprint density at radius 2 is 0.916 bits per heavy atom. The molecule has 15 aromatic rings. The van der Waals surface area contributed by atoms with Gasteiger partial charge in [0, 0.05) is 79.0 Å². The van der Waals surface area contributed by atoms with Gasteiger partial charge in [-0.05, 0) is 162 Å². The van der Waals surface area contributed by atoms with Gasteiger partial charge in [0.05, 0.1) is 55.8 Å². The summed E-state index contributed by atoms with van der Waals surface area (Å²) >= 11 is 0. The second kappa shape index (κ2) is 20.8. The maximum Gasteiger partial charge on any atom is 0.136 e. The van der Waals surface area contributed by atoms with Gasteiger partial charge in [0.25, 0.3) is 0 Å². The molecule has 5 heteroatoms. The van der Waals surface area contributed by atoms with E-state index in [-0.39, 0.29) is 55.6 Å². The monoisotopic (exact) mass is 1240 g/mol. The molecule has 12 aromatic carbocycles. The predicted molar refractivity (Wildman–Crippen MR) is 404 cm³/mol. The third-order valence-electron chi connectivity index (χ3n) is 20.3. The van der Waals surface area contributed by atoms with Crippen LogP contribution in [0.2, 0.25) is 0 Å². The molecule has 0 radical (unpaired) electrons. The van der Waals surface area contributed by atoms with E-state index < -0.39 is 42.2 Å². The highest BCUT2D eigenvalue weighted by atomic mass is 16.3. The van der Waals surface area contributed by atoms with Crippen molar-refractivity contribution in [2.75, 3.05) is 16.8 Å². The van der Waals surface area contributed by atoms with E-state index in [0.29, 0.717) is 11.3 Å². The van der Waals surface area contributed by atoms with Crippen molar-refractivity contribution >= 4 is 94.0 Å². The molecular formula is C90H80N4O. The van der Waals surface area contributed by atoms with Crippen LogP contribution in [0.1, 0.15) is 139 Å². The zero-order valence-electron chi connectivity index (χ0n) is 64.2. The first-order valence-electron chi connectivity index (χ1n) is 37.2. The van der Waals surface area contributed by atoms with Crippen molar-refractivity contribution in [1.29, 1.82) is 0 Å². The molecule has 0 spiro atoms. The number of fused-ring (bicyclic) bond motifs is 13.